The van der Waals surface area contributed by atoms with Crippen molar-refractivity contribution in [3.63, 3.8) is 0 Å². The van der Waals surface area contributed by atoms with Gasteiger partial charge in [0.2, 0.25) is 11.8 Å². The lowest BCUT2D eigenvalue weighted by Gasteiger charge is -2.34. The molecule has 1 aromatic carbocycles. The van der Waals surface area contributed by atoms with Crippen LogP contribution in [0, 0.1) is 6.92 Å². The molecule has 130 valence electrons. The number of aryl methyl sites for hydroxylation is 1. The molecule has 1 aromatic rings. The minimum absolute atomic E-state index is 0.00637. The van der Waals surface area contributed by atoms with E-state index in [2.05, 4.69) is 5.32 Å². The molecule has 0 spiro atoms. The van der Waals surface area contributed by atoms with Crippen LogP contribution < -0.4 is 5.32 Å². The molecule has 7 heteroatoms. The van der Waals surface area contributed by atoms with Gasteiger partial charge in [-0.1, -0.05) is 29.8 Å². The Bertz CT molecular complexity index is 614. The van der Waals surface area contributed by atoms with Gasteiger partial charge in [0.1, 0.15) is 0 Å². The zero-order chi connectivity index (χ0) is 17.7. The zero-order valence-corrected chi connectivity index (χ0v) is 13.8. The molecule has 0 aromatic heterocycles. The van der Waals surface area contributed by atoms with Gasteiger partial charge in [-0.15, -0.1) is 0 Å². The van der Waals surface area contributed by atoms with Gasteiger partial charge in [0.05, 0.1) is 25.7 Å². The second-order valence-electron chi connectivity index (χ2n) is 5.88. The SMILES string of the molecule is CC(=O)NC(CC(=O)N1CCOCC1C(=O)O)c1ccc(C)cc1. The Hall–Kier alpha value is -2.41. The standard InChI is InChI=1S/C17H22N2O5/c1-11-3-5-13(6-4-11)14(18-12(2)20)9-16(21)19-7-8-24-10-15(19)17(22)23/h3-6,14-15H,7-10H2,1-2H3,(H,18,20)(H,22,23). The first-order chi connectivity index (χ1) is 11.4. The van der Waals surface area contributed by atoms with Crippen molar-refractivity contribution in [1.82, 2.24) is 10.2 Å². The smallest absolute Gasteiger partial charge is 0.328 e. The largest absolute Gasteiger partial charge is 0.480 e. The van der Waals surface area contributed by atoms with Crippen LogP contribution in [0.5, 0.6) is 0 Å². The van der Waals surface area contributed by atoms with E-state index >= 15 is 0 Å². The molecule has 0 aliphatic carbocycles. The maximum absolute atomic E-state index is 12.6. The van der Waals surface area contributed by atoms with Crippen molar-refractivity contribution in [1.29, 1.82) is 0 Å². The molecule has 1 aliphatic rings. The van der Waals surface area contributed by atoms with Gasteiger partial charge in [0, 0.05) is 13.5 Å². The Kier molecular flexibility index (Phi) is 5.92. The predicted octanol–water partition coefficient (Wildman–Crippen LogP) is 0.874. The lowest BCUT2D eigenvalue weighted by atomic mass is 10.0. The minimum atomic E-state index is -1.09. The number of carbonyl (C=O) groups is 3. The quantitative estimate of drug-likeness (QED) is 0.833. The topological polar surface area (TPSA) is 95.9 Å². The van der Waals surface area contributed by atoms with Crippen LogP contribution in [-0.2, 0) is 19.1 Å². The monoisotopic (exact) mass is 334 g/mol. The van der Waals surface area contributed by atoms with Gasteiger partial charge in [-0.3, -0.25) is 9.59 Å². The van der Waals surface area contributed by atoms with Crippen molar-refractivity contribution in [3.05, 3.63) is 35.4 Å². The number of amides is 2. The van der Waals surface area contributed by atoms with E-state index in [1.807, 2.05) is 31.2 Å². The number of carboxylic acid groups (broad SMARTS) is 1. The fourth-order valence-corrected chi connectivity index (χ4v) is 2.69. The van der Waals surface area contributed by atoms with Gasteiger partial charge < -0.3 is 20.1 Å². The number of rotatable bonds is 5. The summed E-state index contributed by atoms with van der Waals surface area (Å²) in [4.78, 5) is 36.7. The molecular formula is C17H22N2O5. The molecule has 0 radical (unpaired) electrons. The Morgan fingerprint density at radius 2 is 2.00 bits per heavy atom. The highest BCUT2D eigenvalue weighted by Crippen LogP contribution is 2.20. The van der Waals surface area contributed by atoms with Crippen molar-refractivity contribution < 1.29 is 24.2 Å². The van der Waals surface area contributed by atoms with Crippen molar-refractivity contribution >= 4 is 17.8 Å². The highest BCUT2D eigenvalue weighted by molar-refractivity contribution is 5.85. The predicted molar refractivity (Wildman–Crippen MR) is 86.3 cm³/mol. The van der Waals surface area contributed by atoms with Gasteiger partial charge >= 0.3 is 5.97 Å². The van der Waals surface area contributed by atoms with Crippen LogP contribution in [0.15, 0.2) is 24.3 Å². The summed E-state index contributed by atoms with van der Waals surface area (Å²) < 4.78 is 5.15. The van der Waals surface area contributed by atoms with Crippen LogP contribution in [0.4, 0.5) is 0 Å². The molecule has 2 amide bonds. The number of benzene rings is 1. The fraction of sp³-hybridized carbons (Fsp3) is 0.471. The first kappa shape index (κ1) is 17.9. The molecule has 0 bridgehead atoms. The van der Waals surface area contributed by atoms with Crippen LogP contribution in [0.1, 0.15) is 30.5 Å². The number of carbonyl (C=O) groups excluding carboxylic acids is 2. The highest BCUT2D eigenvalue weighted by Gasteiger charge is 2.33. The molecular weight excluding hydrogens is 312 g/mol. The third kappa shape index (κ3) is 4.55. The summed E-state index contributed by atoms with van der Waals surface area (Å²) in [6.07, 6.45) is 0.00637. The maximum Gasteiger partial charge on any atom is 0.328 e. The molecule has 1 heterocycles. The van der Waals surface area contributed by atoms with Crippen molar-refractivity contribution in [2.45, 2.75) is 32.4 Å². The number of ether oxygens (including phenoxy) is 1. The lowest BCUT2D eigenvalue weighted by molar-refractivity contribution is -0.158. The second kappa shape index (κ2) is 7.92. The summed E-state index contributed by atoms with van der Waals surface area (Å²) in [5.41, 5.74) is 1.88. The van der Waals surface area contributed by atoms with Crippen LogP contribution in [0.2, 0.25) is 0 Å². The van der Waals surface area contributed by atoms with E-state index in [1.54, 1.807) is 0 Å². The van der Waals surface area contributed by atoms with Crippen LogP contribution >= 0.6 is 0 Å². The Balaban J connectivity index is 2.15. The third-order valence-corrected chi connectivity index (χ3v) is 3.97. The normalized spacial score (nSPS) is 18.8. The van der Waals surface area contributed by atoms with Gasteiger partial charge in [-0.2, -0.15) is 0 Å². The fourth-order valence-electron chi connectivity index (χ4n) is 2.69. The first-order valence-electron chi connectivity index (χ1n) is 7.82. The van der Waals surface area contributed by atoms with Crippen molar-refractivity contribution in [2.75, 3.05) is 19.8 Å². The molecule has 7 nitrogen and oxygen atoms in total. The van der Waals surface area contributed by atoms with E-state index in [1.165, 1.54) is 11.8 Å². The lowest BCUT2D eigenvalue weighted by Crippen LogP contribution is -2.53. The summed E-state index contributed by atoms with van der Waals surface area (Å²) in [7, 11) is 0. The second-order valence-corrected chi connectivity index (χ2v) is 5.88. The zero-order valence-electron chi connectivity index (χ0n) is 13.8. The van der Waals surface area contributed by atoms with Gasteiger partial charge in [0.15, 0.2) is 6.04 Å². The Morgan fingerprint density at radius 3 is 2.58 bits per heavy atom. The molecule has 1 aliphatic heterocycles. The molecule has 2 unspecified atom stereocenters. The van der Waals surface area contributed by atoms with E-state index in [-0.39, 0.29) is 31.4 Å². The number of carboxylic acids is 1. The Labute approximate surface area is 140 Å². The van der Waals surface area contributed by atoms with Crippen molar-refractivity contribution in [3.8, 4) is 0 Å². The minimum Gasteiger partial charge on any atom is -0.480 e. The molecule has 0 saturated carbocycles. The van der Waals surface area contributed by atoms with Gasteiger partial charge in [-0.25, -0.2) is 4.79 Å². The molecule has 2 N–H and O–H groups in total. The first-order valence-corrected chi connectivity index (χ1v) is 7.82. The molecule has 1 saturated heterocycles. The maximum atomic E-state index is 12.6. The van der Waals surface area contributed by atoms with Gasteiger partial charge in [0.25, 0.3) is 0 Å². The van der Waals surface area contributed by atoms with Crippen molar-refractivity contribution in [2.24, 2.45) is 0 Å². The number of aliphatic carboxylic acids is 1. The Morgan fingerprint density at radius 1 is 1.33 bits per heavy atom. The summed E-state index contributed by atoms with van der Waals surface area (Å²) >= 11 is 0. The summed E-state index contributed by atoms with van der Waals surface area (Å²) in [5, 5.41) is 12.0. The van der Waals surface area contributed by atoms with E-state index in [0.29, 0.717) is 6.61 Å². The van der Waals surface area contributed by atoms with Crippen LogP contribution in [0.25, 0.3) is 0 Å². The van der Waals surface area contributed by atoms with E-state index in [0.717, 1.165) is 11.1 Å². The van der Waals surface area contributed by atoms with E-state index in [4.69, 9.17) is 4.74 Å². The van der Waals surface area contributed by atoms with Crippen LogP contribution in [-0.4, -0.2) is 53.6 Å². The average molecular weight is 334 g/mol. The molecule has 1 fully saturated rings. The summed E-state index contributed by atoms with van der Waals surface area (Å²) in [6, 6.07) is 6.05. The van der Waals surface area contributed by atoms with Crippen LogP contribution in [0.3, 0.4) is 0 Å². The molecule has 2 atom stereocenters. The molecule has 2 rings (SSSR count). The number of hydrogen-bond donors (Lipinski definition) is 2. The van der Waals surface area contributed by atoms with Gasteiger partial charge in [-0.05, 0) is 12.5 Å². The number of morpholine rings is 1. The number of nitrogens with zero attached hydrogens (tertiary/aromatic N) is 1. The third-order valence-electron chi connectivity index (χ3n) is 3.97. The molecule has 24 heavy (non-hydrogen) atoms. The van der Waals surface area contributed by atoms with E-state index in [9.17, 15) is 19.5 Å². The average Bonchev–Trinajstić information content (AvgIpc) is 2.54. The summed E-state index contributed by atoms with van der Waals surface area (Å²) in [5.74, 6) is -1.65. The summed E-state index contributed by atoms with van der Waals surface area (Å²) in [6.45, 7) is 3.87. The van der Waals surface area contributed by atoms with E-state index < -0.39 is 18.1 Å². The number of hydrogen-bond acceptors (Lipinski definition) is 4. The highest BCUT2D eigenvalue weighted by atomic mass is 16.5. The number of nitrogens with one attached hydrogen (secondary N) is 1.